The molecule has 0 unspecified atom stereocenters. The Morgan fingerprint density at radius 2 is 2.04 bits per heavy atom. The van der Waals surface area contributed by atoms with E-state index in [1.165, 1.54) is 11.8 Å². The Kier molecular flexibility index (Phi) is 6.63. The molecular weight excluding hydrogens is 452 g/mol. The van der Waals surface area contributed by atoms with Crippen molar-refractivity contribution < 1.29 is 9.59 Å². The zero-order valence-corrected chi connectivity index (χ0v) is 17.6. The second-order valence-corrected chi connectivity index (χ2v) is 9.08. The fourth-order valence-corrected chi connectivity index (χ4v) is 4.65. The van der Waals surface area contributed by atoms with Crippen molar-refractivity contribution in [2.45, 2.75) is 12.8 Å². The highest BCUT2D eigenvalue weighted by atomic mass is 79.9. The van der Waals surface area contributed by atoms with Gasteiger partial charge >= 0.3 is 0 Å². The fourth-order valence-electron chi connectivity index (χ4n) is 2.35. The van der Waals surface area contributed by atoms with Crippen molar-refractivity contribution in [1.82, 2.24) is 4.90 Å². The standard InChI is InChI=1S/C18H15BrN2O2S3/c19-12-5-7-13(8-6-12)20-16(22)4-1-9-21-17(23)15(26-18(21)24)11-14-3-2-10-25-14/h2-3,5-8,10-11H,1,4,9H2,(H,20,22)/b15-11-. The largest absolute Gasteiger partial charge is 0.326 e. The van der Waals surface area contributed by atoms with E-state index in [1.54, 1.807) is 16.2 Å². The summed E-state index contributed by atoms with van der Waals surface area (Å²) in [4.78, 5) is 27.8. The Hall–Kier alpha value is -1.48. The van der Waals surface area contributed by atoms with Crippen molar-refractivity contribution in [1.29, 1.82) is 0 Å². The van der Waals surface area contributed by atoms with Crippen LogP contribution in [0, 0.1) is 0 Å². The van der Waals surface area contributed by atoms with Gasteiger partial charge in [0.2, 0.25) is 5.91 Å². The Bertz CT molecular complexity index is 848. The molecule has 1 saturated heterocycles. The van der Waals surface area contributed by atoms with Crippen LogP contribution in [0.25, 0.3) is 6.08 Å². The number of nitrogens with one attached hydrogen (secondary N) is 1. The first-order valence-corrected chi connectivity index (χ1v) is 10.8. The summed E-state index contributed by atoms with van der Waals surface area (Å²) in [6.07, 6.45) is 2.75. The number of nitrogens with zero attached hydrogens (tertiary/aromatic N) is 1. The van der Waals surface area contributed by atoms with Gasteiger partial charge in [0.1, 0.15) is 4.32 Å². The zero-order valence-electron chi connectivity index (χ0n) is 13.6. The maximum Gasteiger partial charge on any atom is 0.266 e. The number of thiophene rings is 1. The van der Waals surface area contributed by atoms with Crippen LogP contribution in [-0.2, 0) is 9.59 Å². The predicted octanol–water partition coefficient (Wildman–Crippen LogP) is 5.13. The summed E-state index contributed by atoms with van der Waals surface area (Å²) in [5.41, 5.74) is 0.752. The SMILES string of the molecule is O=C(CCCN1C(=O)/C(=C/c2cccs2)SC1=S)Nc1ccc(Br)cc1. The van der Waals surface area contributed by atoms with Crippen molar-refractivity contribution in [3.05, 3.63) is 56.0 Å². The van der Waals surface area contributed by atoms with E-state index in [9.17, 15) is 9.59 Å². The summed E-state index contributed by atoms with van der Waals surface area (Å²) in [6.45, 7) is 0.445. The summed E-state index contributed by atoms with van der Waals surface area (Å²) in [5.74, 6) is -0.159. The van der Waals surface area contributed by atoms with Crippen LogP contribution in [0.1, 0.15) is 17.7 Å². The third-order valence-corrected chi connectivity index (χ3v) is 6.33. The van der Waals surface area contributed by atoms with Crippen LogP contribution in [0.2, 0.25) is 0 Å². The number of hydrogen-bond acceptors (Lipinski definition) is 5. The Balaban J connectivity index is 1.50. The van der Waals surface area contributed by atoms with Gasteiger partial charge in [-0.3, -0.25) is 14.5 Å². The molecule has 0 radical (unpaired) electrons. The van der Waals surface area contributed by atoms with E-state index in [4.69, 9.17) is 12.2 Å². The minimum Gasteiger partial charge on any atom is -0.326 e. The summed E-state index contributed by atoms with van der Waals surface area (Å²) < 4.78 is 1.51. The molecule has 1 fully saturated rings. The number of anilines is 1. The van der Waals surface area contributed by atoms with Gasteiger partial charge in [-0.1, -0.05) is 46.0 Å². The number of amides is 2. The van der Waals surface area contributed by atoms with Gasteiger partial charge < -0.3 is 5.32 Å². The molecule has 0 bridgehead atoms. The molecule has 8 heteroatoms. The van der Waals surface area contributed by atoms with Gasteiger partial charge in [-0.15, -0.1) is 11.3 Å². The van der Waals surface area contributed by atoms with Gasteiger partial charge in [0.25, 0.3) is 5.91 Å². The lowest BCUT2D eigenvalue weighted by Crippen LogP contribution is -2.29. The van der Waals surface area contributed by atoms with E-state index >= 15 is 0 Å². The van der Waals surface area contributed by atoms with E-state index in [1.807, 2.05) is 47.9 Å². The first-order chi connectivity index (χ1) is 12.5. The van der Waals surface area contributed by atoms with Gasteiger partial charge in [-0.25, -0.2) is 0 Å². The van der Waals surface area contributed by atoms with Crippen LogP contribution < -0.4 is 5.32 Å². The number of rotatable bonds is 6. The van der Waals surface area contributed by atoms with Crippen LogP contribution in [0.15, 0.2) is 51.2 Å². The van der Waals surface area contributed by atoms with E-state index in [2.05, 4.69) is 21.2 Å². The molecule has 2 aromatic rings. The topological polar surface area (TPSA) is 49.4 Å². The zero-order chi connectivity index (χ0) is 18.5. The molecule has 134 valence electrons. The number of halogens is 1. The molecule has 1 aliphatic heterocycles. The van der Waals surface area contributed by atoms with Crippen LogP contribution in [-0.4, -0.2) is 27.6 Å². The number of carbonyl (C=O) groups excluding carboxylic acids is 2. The molecule has 1 aromatic carbocycles. The minimum atomic E-state index is -0.0817. The van der Waals surface area contributed by atoms with Crippen molar-refractivity contribution >= 4 is 79.1 Å². The van der Waals surface area contributed by atoms with Crippen LogP contribution in [0.4, 0.5) is 5.69 Å². The van der Waals surface area contributed by atoms with E-state index in [0.717, 1.165) is 15.0 Å². The molecule has 1 aromatic heterocycles. The fraction of sp³-hybridized carbons (Fsp3) is 0.167. The molecule has 2 heterocycles. The van der Waals surface area contributed by atoms with Gasteiger partial charge in [-0.05, 0) is 48.2 Å². The lowest BCUT2D eigenvalue weighted by Gasteiger charge is -2.14. The van der Waals surface area contributed by atoms with Crippen molar-refractivity contribution in [2.24, 2.45) is 0 Å². The second-order valence-electron chi connectivity index (χ2n) is 5.51. The maximum atomic E-state index is 12.5. The van der Waals surface area contributed by atoms with Gasteiger partial charge in [0.15, 0.2) is 0 Å². The first-order valence-electron chi connectivity index (χ1n) is 7.87. The molecule has 0 atom stereocenters. The van der Waals surface area contributed by atoms with Crippen molar-refractivity contribution in [2.75, 3.05) is 11.9 Å². The Labute approximate surface area is 173 Å². The average molecular weight is 467 g/mol. The number of carbonyl (C=O) groups is 2. The summed E-state index contributed by atoms with van der Waals surface area (Å²) in [7, 11) is 0. The normalized spacial score (nSPS) is 15.7. The Morgan fingerprint density at radius 3 is 2.73 bits per heavy atom. The number of hydrogen-bond donors (Lipinski definition) is 1. The molecule has 2 amide bonds. The van der Waals surface area contributed by atoms with Crippen LogP contribution in [0.3, 0.4) is 0 Å². The molecule has 0 saturated carbocycles. The molecule has 1 aliphatic rings. The number of thioether (sulfide) groups is 1. The highest BCUT2D eigenvalue weighted by Crippen LogP contribution is 2.33. The first kappa shape index (κ1) is 19.3. The van der Waals surface area contributed by atoms with Crippen LogP contribution in [0.5, 0.6) is 0 Å². The summed E-state index contributed by atoms with van der Waals surface area (Å²) in [6, 6.07) is 11.3. The minimum absolute atomic E-state index is 0.0770. The van der Waals surface area contributed by atoms with Crippen LogP contribution >= 0.6 is 51.2 Å². The molecule has 3 rings (SSSR count). The molecule has 4 nitrogen and oxygen atoms in total. The summed E-state index contributed by atoms with van der Waals surface area (Å²) >= 11 is 11.6. The van der Waals surface area contributed by atoms with Gasteiger partial charge in [0, 0.05) is 28.0 Å². The molecule has 1 N–H and O–H groups in total. The predicted molar refractivity (Wildman–Crippen MR) is 116 cm³/mol. The van der Waals surface area contributed by atoms with Crippen molar-refractivity contribution in [3.63, 3.8) is 0 Å². The summed E-state index contributed by atoms with van der Waals surface area (Å²) in [5, 5.41) is 4.81. The van der Waals surface area contributed by atoms with Gasteiger partial charge in [0.05, 0.1) is 4.91 Å². The average Bonchev–Trinajstić information content (AvgIpc) is 3.21. The lowest BCUT2D eigenvalue weighted by molar-refractivity contribution is -0.122. The molecular formula is C18H15BrN2O2S3. The third-order valence-electron chi connectivity index (χ3n) is 3.60. The third kappa shape index (κ3) is 5.03. The smallest absolute Gasteiger partial charge is 0.266 e. The number of thiocarbonyl (C=S) groups is 1. The monoisotopic (exact) mass is 466 g/mol. The maximum absolute atomic E-state index is 12.5. The molecule has 0 aliphatic carbocycles. The van der Waals surface area contributed by atoms with E-state index in [0.29, 0.717) is 28.6 Å². The molecule has 26 heavy (non-hydrogen) atoms. The van der Waals surface area contributed by atoms with Gasteiger partial charge in [-0.2, -0.15) is 0 Å². The lowest BCUT2D eigenvalue weighted by atomic mass is 10.2. The quantitative estimate of drug-likeness (QED) is 0.473. The Morgan fingerprint density at radius 1 is 1.27 bits per heavy atom. The highest BCUT2D eigenvalue weighted by Gasteiger charge is 2.31. The highest BCUT2D eigenvalue weighted by molar-refractivity contribution is 9.10. The number of benzene rings is 1. The second kappa shape index (κ2) is 8.94. The van der Waals surface area contributed by atoms with E-state index < -0.39 is 0 Å². The molecule has 0 spiro atoms. The van der Waals surface area contributed by atoms with Crippen molar-refractivity contribution in [3.8, 4) is 0 Å². The van der Waals surface area contributed by atoms with E-state index in [-0.39, 0.29) is 11.8 Å².